The Hall–Kier alpha value is -2.53. The van der Waals surface area contributed by atoms with E-state index in [1.807, 2.05) is 50.2 Å². The second-order valence-electron chi connectivity index (χ2n) is 5.66. The van der Waals surface area contributed by atoms with Gasteiger partial charge in [0, 0.05) is 11.4 Å². The highest BCUT2D eigenvalue weighted by Gasteiger charge is 2.03. The summed E-state index contributed by atoms with van der Waals surface area (Å²) < 4.78 is 11.0. The fourth-order valence-electron chi connectivity index (χ4n) is 2.24. The van der Waals surface area contributed by atoms with Crippen LogP contribution in [0.1, 0.15) is 30.9 Å². The number of hydrogen-bond donors (Lipinski definition) is 1. The van der Waals surface area contributed by atoms with Crippen molar-refractivity contribution in [1.29, 1.82) is 0 Å². The molecule has 0 saturated carbocycles. The van der Waals surface area contributed by atoms with Gasteiger partial charge in [0.1, 0.15) is 11.5 Å². The summed E-state index contributed by atoms with van der Waals surface area (Å²) in [6, 6.07) is 12.9. The molecule has 2 rings (SSSR count). The number of carbonyl (C=O) groups excluding carboxylic acids is 1. The van der Waals surface area contributed by atoms with Crippen molar-refractivity contribution in [2.75, 3.05) is 13.2 Å². The molecule has 0 fully saturated rings. The molecule has 0 spiro atoms. The highest BCUT2D eigenvalue weighted by atomic mass is 35.5. The SMILES string of the molecule is CCOc1ccc(/C=N/NC(=O)CCCOc2ccc(Cl)cc2C)cc1. The highest BCUT2D eigenvalue weighted by molar-refractivity contribution is 6.30. The summed E-state index contributed by atoms with van der Waals surface area (Å²) in [5.74, 6) is 1.44. The van der Waals surface area contributed by atoms with E-state index in [1.54, 1.807) is 12.3 Å². The van der Waals surface area contributed by atoms with E-state index in [0.29, 0.717) is 31.1 Å². The molecular formula is C20H23ClN2O3. The zero-order chi connectivity index (χ0) is 18.8. The molecule has 0 bridgehead atoms. The average Bonchev–Trinajstić information content (AvgIpc) is 2.62. The van der Waals surface area contributed by atoms with Gasteiger partial charge in [-0.2, -0.15) is 5.10 Å². The van der Waals surface area contributed by atoms with E-state index in [1.165, 1.54) is 0 Å². The summed E-state index contributed by atoms with van der Waals surface area (Å²) in [7, 11) is 0. The Kier molecular flexibility index (Phi) is 7.96. The summed E-state index contributed by atoms with van der Waals surface area (Å²) in [5, 5.41) is 4.64. The highest BCUT2D eigenvalue weighted by Crippen LogP contribution is 2.21. The first-order valence-electron chi connectivity index (χ1n) is 8.52. The number of rotatable bonds is 9. The van der Waals surface area contributed by atoms with E-state index in [-0.39, 0.29) is 5.91 Å². The monoisotopic (exact) mass is 374 g/mol. The van der Waals surface area contributed by atoms with Gasteiger partial charge in [0.05, 0.1) is 19.4 Å². The summed E-state index contributed by atoms with van der Waals surface area (Å²) >= 11 is 5.91. The Bertz CT molecular complexity index is 745. The molecule has 0 aliphatic heterocycles. The van der Waals surface area contributed by atoms with E-state index >= 15 is 0 Å². The number of nitrogens with one attached hydrogen (secondary N) is 1. The van der Waals surface area contributed by atoms with Gasteiger partial charge in [-0.05, 0) is 73.9 Å². The number of amides is 1. The molecule has 2 aromatic rings. The lowest BCUT2D eigenvalue weighted by Gasteiger charge is -2.08. The number of hydrazone groups is 1. The second-order valence-corrected chi connectivity index (χ2v) is 6.09. The van der Waals surface area contributed by atoms with Crippen LogP contribution in [0.4, 0.5) is 0 Å². The minimum Gasteiger partial charge on any atom is -0.494 e. The fraction of sp³-hybridized carbons (Fsp3) is 0.300. The molecule has 0 heterocycles. The third-order valence-electron chi connectivity index (χ3n) is 3.54. The molecule has 0 radical (unpaired) electrons. The third-order valence-corrected chi connectivity index (χ3v) is 3.77. The average molecular weight is 375 g/mol. The van der Waals surface area contributed by atoms with Crippen molar-refractivity contribution in [2.24, 2.45) is 5.10 Å². The molecule has 5 nitrogen and oxygen atoms in total. The van der Waals surface area contributed by atoms with Gasteiger partial charge in [-0.25, -0.2) is 5.43 Å². The van der Waals surface area contributed by atoms with E-state index < -0.39 is 0 Å². The van der Waals surface area contributed by atoms with Crippen LogP contribution in [0.2, 0.25) is 5.02 Å². The third kappa shape index (κ3) is 6.76. The maximum Gasteiger partial charge on any atom is 0.240 e. The molecule has 2 aromatic carbocycles. The number of aryl methyl sites for hydroxylation is 1. The van der Waals surface area contributed by atoms with Crippen molar-refractivity contribution in [2.45, 2.75) is 26.7 Å². The summed E-state index contributed by atoms with van der Waals surface area (Å²) in [6.45, 7) is 4.96. The lowest BCUT2D eigenvalue weighted by molar-refractivity contribution is -0.121. The molecule has 0 atom stereocenters. The minimum absolute atomic E-state index is 0.149. The van der Waals surface area contributed by atoms with E-state index in [9.17, 15) is 4.79 Å². The van der Waals surface area contributed by atoms with Crippen LogP contribution in [0.5, 0.6) is 11.5 Å². The summed E-state index contributed by atoms with van der Waals surface area (Å²) in [6.07, 6.45) is 2.54. The zero-order valence-corrected chi connectivity index (χ0v) is 15.8. The smallest absolute Gasteiger partial charge is 0.240 e. The molecule has 0 aromatic heterocycles. The first-order chi connectivity index (χ1) is 12.6. The molecule has 138 valence electrons. The molecule has 6 heteroatoms. The molecule has 0 saturated heterocycles. The maximum atomic E-state index is 11.8. The van der Waals surface area contributed by atoms with Crippen molar-refractivity contribution < 1.29 is 14.3 Å². The molecule has 1 N–H and O–H groups in total. The van der Waals surface area contributed by atoms with Crippen LogP contribution in [-0.2, 0) is 4.79 Å². The Balaban J connectivity index is 1.66. The summed E-state index contributed by atoms with van der Waals surface area (Å²) in [5.41, 5.74) is 4.37. The van der Waals surface area contributed by atoms with Crippen LogP contribution in [-0.4, -0.2) is 25.3 Å². The van der Waals surface area contributed by atoms with E-state index in [4.69, 9.17) is 21.1 Å². The fourth-order valence-corrected chi connectivity index (χ4v) is 2.47. The Labute approximate surface area is 159 Å². The molecule has 26 heavy (non-hydrogen) atoms. The molecule has 0 aliphatic carbocycles. The maximum absolute atomic E-state index is 11.8. The molecular weight excluding hydrogens is 352 g/mol. The molecule has 0 aliphatic rings. The van der Waals surface area contributed by atoms with Gasteiger partial charge in [0.2, 0.25) is 5.91 Å². The number of hydrogen-bond acceptors (Lipinski definition) is 4. The Morgan fingerprint density at radius 1 is 1.19 bits per heavy atom. The number of nitrogens with zero attached hydrogens (tertiary/aromatic N) is 1. The zero-order valence-electron chi connectivity index (χ0n) is 15.0. The second kappa shape index (κ2) is 10.5. The quantitative estimate of drug-likeness (QED) is 0.403. The molecule has 1 amide bonds. The number of ether oxygens (including phenoxy) is 2. The van der Waals surface area contributed by atoms with Crippen molar-refractivity contribution in [3.63, 3.8) is 0 Å². The van der Waals surface area contributed by atoms with Gasteiger partial charge >= 0.3 is 0 Å². The standard InChI is InChI=1S/C20H23ClN2O3/c1-3-25-18-9-6-16(7-10-18)14-22-23-20(24)5-4-12-26-19-11-8-17(21)13-15(19)2/h6-11,13-14H,3-5,12H2,1-2H3,(H,23,24)/b22-14+. The van der Waals surface area contributed by atoms with Gasteiger partial charge in [0.25, 0.3) is 0 Å². The first-order valence-corrected chi connectivity index (χ1v) is 8.90. The van der Waals surface area contributed by atoms with Crippen LogP contribution in [0, 0.1) is 6.92 Å². The minimum atomic E-state index is -0.149. The topological polar surface area (TPSA) is 59.9 Å². The van der Waals surface area contributed by atoms with Crippen LogP contribution in [0.3, 0.4) is 0 Å². The van der Waals surface area contributed by atoms with Crippen molar-refractivity contribution in [1.82, 2.24) is 5.43 Å². The Morgan fingerprint density at radius 2 is 1.96 bits per heavy atom. The normalized spacial score (nSPS) is 10.7. The van der Waals surface area contributed by atoms with Crippen LogP contribution in [0.25, 0.3) is 0 Å². The van der Waals surface area contributed by atoms with Gasteiger partial charge in [-0.3, -0.25) is 4.79 Å². The van der Waals surface area contributed by atoms with E-state index in [0.717, 1.165) is 22.6 Å². The Morgan fingerprint density at radius 3 is 2.65 bits per heavy atom. The number of benzene rings is 2. The van der Waals surface area contributed by atoms with Gasteiger partial charge < -0.3 is 9.47 Å². The lowest BCUT2D eigenvalue weighted by Crippen LogP contribution is -2.18. The predicted octanol–water partition coefficient (Wildman–Crippen LogP) is 4.36. The number of carbonyl (C=O) groups is 1. The molecule has 0 unspecified atom stereocenters. The van der Waals surface area contributed by atoms with Crippen molar-refractivity contribution in [3.05, 3.63) is 58.6 Å². The van der Waals surface area contributed by atoms with Gasteiger partial charge in [0.15, 0.2) is 0 Å². The lowest BCUT2D eigenvalue weighted by atomic mass is 10.2. The van der Waals surface area contributed by atoms with Gasteiger partial charge in [-0.15, -0.1) is 0 Å². The summed E-state index contributed by atoms with van der Waals surface area (Å²) in [4.78, 5) is 11.8. The largest absolute Gasteiger partial charge is 0.494 e. The van der Waals surface area contributed by atoms with Crippen LogP contribution in [0.15, 0.2) is 47.6 Å². The van der Waals surface area contributed by atoms with E-state index in [2.05, 4.69) is 10.5 Å². The van der Waals surface area contributed by atoms with Crippen molar-refractivity contribution in [3.8, 4) is 11.5 Å². The van der Waals surface area contributed by atoms with Crippen LogP contribution < -0.4 is 14.9 Å². The first kappa shape index (κ1) is 19.8. The predicted molar refractivity (Wildman–Crippen MR) is 104 cm³/mol. The van der Waals surface area contributed by atoms with Gasteiger partial charge in [-0.1, -0.05) is 11.6 Å². The van der Waals surface area contributed by atoms with Crippen molar-refractivity contribution >= 4 is 23.7 Å². The van der Waals surface area contributed by atoms with Crippen LogP contribution >= 0.6 is 11.6 Å². The number of halogens is 1.